The summed E-state index contributed by atoms with van der Waals surface area (Å²) >= 11 is 0. The minimum Gasteiger partial charge on any atom is -0.394 e. The molecule has 0 saturated heterocycles. The van der Waals surface area contributed by atoms with Crippen LogP contribution in [0.1, 0.15) is 162 Å². The highest BCUT2D eigenvalue weighted by atomic mass is 31.2. The number of aliphatic hydroxyl groups is 9. The Morgan fingerprint density at radius 3 is 0.934 bits per heavy atom. The van der Waals surface area contributed by atoms with Crippen LogP contribution in [0.15, 0.2) is 0 Å². The number of nitrogens with zero attached hydrogens (tertiary/aromatic N) is 4. The average molecular weight is 940 g/mol. The summed E-state index contributed by atoms with van der Waals surface area (Å²) < 4.78 is 65.5. The molecule has 0 rings (SSSR count). The van der Waals surface area contributed by atoms with Gasteiger partial charge in [0.2, 0.25) is 4.29 Å². The molecule has 2 unspecified atom stereocenters. The largest absolute Gasteiger partial charge is 0.394 e. The van der Waals surface area contributed by atoms with Crippen molar-refractivity contribution in [1.82, 2.24) is 9.34 Å². The lowest BCUT2D eigenvalue weighted by Gasteiger charge is -2.36. The summed E-state index contributed by atoms with van der Waals surface area (Å²) in [5.41, 5.74) is 0. The maximum atomic E-state index is 8.84. The molecule has 0 bridgehead atoms. The molecule has 0 fully saturated rings. The van der Waals surface area contributed by atoms with Gasteiger partial charge in [-0.05, 0) is 81.1 Å². The molecule has 61 heavy (non-hydrogen) atoms. The fourth-order valence-electron chi connectivity index (χ4n) is 3.66. The van der Waals surface area contributed by atoms with E-state index in [1.807, 2.05) is 41.5 Å². The van der Waals surface area contributed by atoms with Crippen molar-refractivity contribution >= 4 is 17.1 Å². The van der Waals surface area contributed by atoms with Crippen molar-refractivity contribution in [2.45, 2.75) is 212 Å². The normalized spacial score (nSPS) is 12.9. The second-order valence-electron chi connectivity index (χ2n) is 13.2. The van der Waals surface area contributed by atoms with Crippen LogP contribution in [0, 0.1) is 22.7 Å². The molecule has 9 N–H and O–H groups in total. The van der Waals surface area contributed by atoms with Crippen LogP contribution in [-0.2, 0) is 18.1 Å². The average Bonchev–Trinajstić information content (AvgIpc) is 3.34. The predicted molar refractivity (Wildman–Crippen MR) is 253 cm³/mol. The zero-order valence-electron chi connectivity index (χ0n) is 47.3. The summed E-state index contributed by atoms with van der Waals surface area (Å²) in [5, 5.41) is 79.6. The van der Waals surface area contributed by atoms with Crippen LogP contribution in [0.3, 0.4) is 0 Å². The summed E-state index contributed by atoms with van der Waals surface area (Å²) in [6.45, 7) is 27.9. The molecule has 0 aliphatic rings. The highest BCUT2D eigenvalue weighted by molar-refractivity contribution is 7.44. The van der Waals surface area contributed by atoms with Crippen molar-refractivity contribution in [1.29, 1.82) is 14.8 Å². The lowest BCUT2D eigenvalue weighted by molar-refractivity contribution is 0.0450. The summed E-state index contributed by atoms with van der Waals surface area (Å²) in [6.07, 6.45) is 1.96. The Bertz CT molecular complexity index is 855. The van der Waals surface area contributed by atoms with Gasteiger partial charge in [0.05, 0.1) is 90.0 Å². The van der Waals surface area contributed by atoms with Crippen LogP contribution >= 0.6 is 17.1 Å². The van der Waals surface area contributed by atoms with E-state index in [4.69, 9.17) is 72.8 Å². The van der Waals surface area contributed by atoms with Crippen molar-refractivity contribution in [3.05, 3.63) is 0 Å². The Kier molecular flexibility index (Phi) is 62.7. The lowest BCUT2D eigenvalue weighted by Crippen LogP contribution is -2.35. The standard InChI is InChI=1S/C21H42N4O5P2.2C5H12O.2C3H8O3.C2H6.3CH4/c1-17(2)24(18(3)4)31(27-13-9-11-22)29-15-21(26)16-30-32(28-14-10-12-23)25(19(5)6)20(7)8;2*1-3-5(6)4-2;2*4-1-3(6)2-5;1-2;;;/h17-21,26H,9-10,13-16H2,1-8H3;2*5-6H,3-4H2,1-2H3;2*3-6H,1-2H2;1-2H3;3*1H4/i26D;6D;;6D;;;3*1T. The third-order valence-corrected chi connectivity index (χ3v) is 10.9. The fraction of sp³-hybridized carbons (Fsp3) is 0.952. The van der Waals surface area contributed by atoms with Crippen molar-refractivity contribution in [2.24, 2.45) is 0 Å². The van der Waals surface area contributed by atoms with Crippen LogP contribution in [0.4, 0.5) is 0 Å². The van der Waals surface area contributed by atoms with E-state index in [0.29, 0.717) is 0 Å². The maximum absolute atomic E-state index is 8.84. The van der Waals surface area contributed by atoms with E-state index in [1.54, 1.807) is 0 Å². The summed E-state index contributed by atoms with van der Waals surface area (Å²) in [4.78, 5) is 0. The van der Waals surface area contributed by atoms with Crippen molar-refractivity contribution in [2.75, 3.05) is 52.9 Å². The van der Waals surface area contributed by atoms with E-state index >= 15 is 0 Å². The van der Waals surface area contributed by atoms with Gasteiger partial charge in [-0.1, -0.05) is 63.8 Å². The van der Waals surface area contributed by atoms with Crippen molar-refractivity contribution in [3.8, 4) is 12.1 Å². The van der Waals surface area contributed by atoms with Crippen LogP contribution in [-0.4, -0.2) is 167 Å². The predicted octanol–water partition coefficient (Wildman–Crippen LogP) is 6.87. The Labute approximate surface area is 386 Å². The smallest absolute Gasteiger partial charge is 0.259 e. The molecule has 0 spiro atoms. The third kappa shape index (κ3) is 55.3. The molecule has 0 aromatic heterocycles. The van der Waals surface area contributed by atoms with E-state index in [2.05, 4.69) is 87.1 Å². The Morgan fingerprint density at radius 1 is 0.525 bits per heavy atom. The van der Waals surface area contributed by atoms with Crippen LogP contribution < -0.4 is 0 Å². The molecule has 2 atom stereocenters. The molecule has 0 aliphatic heterocycles. The van der Waals surface area contributed by atoms with E-state index in [1.165, 1.54) is 22.2 Å². The molecule has 0 aliphatic carbocycles. The lowest BCUT2D eigenvalue weighted by atomic mass is 10.2. The van der Waals surface area contributed by atoms with E-state index in [-0.39, 0.29) is 102 Å². The monoisotopic (exact) mass is 940 g/mol. The minimum atomic E-state index is -1.43. The second-order valence-corrected chi connectivity index (χ2v) is 16.1. The van der Waals surface area contributed by atoms with Gasteiger partial charge in [0.15, 0.2) is 0 Å². The number of nitriles is 2. The molecule has 0 aromatic rings. The summed E-state index contributed by atoms with van der Waals surface area (Å²) in [7, 11) is 0.885. The molecule has 0 amide bonds. The molecule has 17 nitrogen and oxygen atoms in total. The highest BCUT2D eigenvalue weighted by Gasteiger charge is 2.30. The quantitative estimate of drug-likeness (QED) is 0.0274. The van der Waals surface area contributed by atoms with Gasteiger partial charge in [-0.25, -0.2) is 9.34 Å². The molecular weight excluding hydrogens is 830 g/mol. The van der Waals surface area contributed by atoms with Crippen LogP contribution in [0.25, 0.3) is 0 Å². The highest BCUT2D eigenvalue weighted by Crippen LogP contribution is 2.47. The first-order chi connectivity index (χ1) is 31.9. The Balaban J connectivity index is -0.000000113. The first-order valence-corrected chi connectivity index (χ1v) is 22.8. The summed E-state index contributed by atoms with van der Waals surface area (Å²) in [5.74, 6) is 0. The number of hydrogen-bond donors (Lipinski definition) is 9. The van der Waals surface area contributed by atoms with Crippen LogP contribution in [0.5, 0.6) is 0 Å². The molecule has 19 heteroatoms. The number of hydrogen-bond acceptors (Lipinski definition) is 17. The van der Waals surface area contributed by atoms with Gasteiger partial charge in [0.25, 0.3) is 17.1 Å². The molecule has 0 radical (unpaired) electrons. The molecule has 0 saturated carbocycles. The van der Waals surface area contributed by atoms with Gasteiger partial charge in [0, 0.05) is 28.3 Å². The minimum absolute atomic E-state index is 0.0648. The molecule has 376 valence electrons. The first kappa shape index (κ1) is 64.5. The van der Waals surface area contributed by atoms with Crippen molar-refractivity contribution < 1.29 is 68.2 Å². The number of aliphatic hydroxyl groups excluding tert-OH is 9. The van der Waals surface area contributed by atoms with Gasteiger partial charge in [-0.2, -0.15) is 10.5 Å². The van der Waals surface area contributed by atoms with Crippen LogP contribution in [0.2, 0.25) is 0 Å². The van der Waals surface area contributed by atoms with Gasteiger partial charge in [0.1, 0.15) is 18.3 Å². The van der Waals surface area contributed by atoms with Gasteiger partial charge in [-0.15, -0.1) is 0 Å². The van der Waals surface area contributed by atoms with E-state index < -0.39 is 35.4 Å². The van der Waals surface area contributed by atoms with Crippen molar-refractivity contribution in [3.63, 3.8) is 0 Å². The molecule has 0 aromatic carbocycles. The molecule has 0 heterocycles. The summed E-state index contributed by atoms with van der Waals surface area (Å²) in [6, 6.07) is 4.87. The topological polar surface area (TPSA) is 273 Å². The fourth-order valence-corrected chi connectivity index (χ4v) is 6.93. The Morgan fingerprint density at radius 2 is 0.803 bits per heavy atom. The zero-order valence-corrected chi connectivity index (χ0v) is 43.1. The van der Waals surface area contributed by atoms with Gasteiger partial charge < -0.3 is 64.1 Å². The third-order valence-electron chi connectivity index (χ3n) is 6.75. The number of rotatable bonds is 29. The van der Waals surface area contributed by atoms with Gasteiger partial charge in [-0.3, -0.25) is 0 Å². The first-order valence-electron chi connectivity index (χ1n) is 24.7. The SMILES string of the molecule is CC.CCC(O)CC.OCC(O)CO.[2H]OC(CC)CC.[2H]OC(CO)CO.[2H]OC(COP(OCCC#N)N(C(C)C)C(C)C)COP(OCCC#N)N(C(C)C)C(C)C.[3H]C.[3H]C.[3H]C. The zero-order chi connectivity index (χ0) is 54.8. The van der Waals surface area contributed by atoms with E-state index in [0.717, 1.165) is 25.7 Å². The molecular formula is C42H100N4O13P2. The Hall–Kier alpha value is -0.760. The van der Waals surface area contributed by atoms with Gasteiger partial charge >= 0.3 is 0 Å². The van der Waals surface area contributed by atoms with E-state index in [9.17, 15) is 0 Å². The second kappa shape index (κ2) is 59.2. The maximum Gasteiger partial charge on any atom is 0.259 e.